The van der Waals surface area contributed by atoms with Crippen LogP contribution in [0.1, 0.15) is 30.6 Å². The van der Waals surface area contributed by atoms with Gasteiger partial charge in [-0.1, -0.05) is 18.5 Å². The molecule has 1 rings (SSSR count). The van der Waals surface area contributed by atoms with Crippen molar-refractivity contribution in [2.75, 3.05) is 6.54 Å². The second-order valence-electron chi connectivity index (χ2n) is 4.24. The highest BCUT2D eigenvalue weighted by Crippen LogP contribution is 2.22. The van der Waals surface area contributed by atoms with E-state index in [9.17, 15) is 9.90 Å². The summed E-state index contributed by atoms with van der Waals surface area (Å²) in [5, 5.41) is 12.5. The molecule has 1 aromatic carbocycles. The molecule has 0 heterocycles. The van der Waals surface area contributed by atoms with E-state index in [2.05, 4.69) is 5.32 Å². The maximum atomic E-state index is 12.0. The quantitative estimate of drug-likeness (QED) is 0.770. The largest absolute Gasteiger partial charge is 0.508 e. The first kappa shape index (κ1) is 13.8. The summed E-state index contributed by atoms with van der Waals surface area (Å²) >= 11 is 5.90. The number of amides is 1. The lowest BCUT2D eigenvalue weighted by Gasteiger charge is -2.28. The highest BCUT2D eigenvalue weighted by atomic mass is 35.5. The summed E-state index contributed by atoms with van der Waals surface area (Å²) in [6.07, 6.45) is 0.714. The first-order valence-electron chi connectivity index (χ1n) is 5.43. The van der Waals surface area contributed by atoms with Crippen molar-refractivity contribution in [3.8, 4) is 5.75 Å². The molecule has 0 fully saturated rings. The van der Waals surface area contributed by atoms with Crippen LogP contribution in [0.4, 0.5) is 0 Å². The van der Waals surface area contributed by atoms with Crippen molar-refractivity contribution in [3.05, 3.63) is 28.8 Å². The van der Waals surface area contributed by atoms with Gasteiger partial charge in [-0.25, -0.2) is 0 Å². The van der Waals surface area contributed by atoms with Gasteiger partial charge in [0, 0.05) is 12.1 Å². The topological polar surface area (TPSA) is 75.3 Å². The maximum Gasteiger partial charge on any atom is 0.253 e. The van der Waals surface area contributed by atoms with Crippen LogP contribution in [0.5, 0.6) is 5.75 Å². The zero-order valence-electron chi connectivity index (χ0n) is 9.96. The summed E-state index contributed by atoms with van der Waals surface area (Å²) in [4.78, 5) is 12.0. The van der Waals surface area contributed by atoms with E-state index < -0.39 is 5.54 Å². The van der Waals surface area contributed by atoms with E-state index in [0.717, 1.165) is 0 Å². The number of nitrogens with two attached hydrogens (primary N) is 1. The van der Waals surface area contributed by atoms with Gasteiger partial charge in [0.2, 0.25) is 0 Å². The fourth-order valence-electron chi connectivity index (χ4n) is 1.31. The molecule has 0 spiro atoms. The lowest BCUT2D eigenvalue weighted by atomic mass is 9.98. The second-order valence-corrected chi connectivity index (χ2v) is 4.64. The summed E-state index contributed by atoms with van der Waals surface area (Å²) in [7, 11) is 0. The molecule has 0 saturated heterocycles. The maximum absolute atomic E-state index is 12.0. The van der Waals surface area contributed by atoms with Crippen molar-refractivity contribution < 1.29 is 9.90 Å². The van der Waals surface area contributed by atoms with Crippen LogP contribution >= 0.6 is 11.6 Å². The van der Waals surface area contributed by atoms with Gasteiger partial charge in [-0.2, -0.15) is 0 Å². The van der Waals surface area contributed by atoms with Crippen molar-refractivity contribution in [2.45, 2.75) is 25.8 Å². The molecule has 5 heteroatoms. The third-order valence-electron chi connectivity index (χ3n) is 2.84. The summed E-state index contributed by atoms with van der Waals surface area (Å²) in [5.74, 6) is -0.328. The highest BCUT2D eigenvalue weighted by molar-refractivity contribution is 6.33. The van der Waals surface area contributed by atoms with Crippen LogP contribution in [0.15, 0.2) is 18.2 Å². The molecule has 1 aromatic rings. The minimum atomic E-state index is -0.466. The number of aromatic hydroxyl groups is 1. The minimum absolute atomic E-state index is 0.00509. The Hall–Kier alpha value is -1.26. The zero-order valence-corrected chi connectivity index (χ0v) is 10.7. The monoisotopic (exact) mass is 256 g/mol. The van der Waals surface area contributed by atoms with Gasteiger partial charge in [0.1, 0.15) is 5.75 Å². The number of rotatable bonds is 4. The molecule has 1 unspecified atom stereocenters. The lowest BCUT2D eigenvalue weighted by molar-refractivity contribution is 0.0906. The van der Waals surface area contributed by atoms with Gasteiger partial charge in [-0.15, -0.1) is 0 Å². The van der Waals surface area contributed by atoms with Crippen LogP contribution in [-0.4, -0.2) is 23.1 Å². The van der Waals surface area contributed by atoms with Crippen LogP contribution in [0.2, 0.25) is 5.02 Å². The Labute approximate surface area is 106 Å². The Bertz CT molecular complexity index is 417. The number of nitrogens with one attached hydrogen (secondary N) is 1. The molecule has 0 aliphatic rings. The van der Waals surface area contributed by atoms with Crippen LogP contribution in [0, 0.1) is 0 Å². The fraction of sp³-hybridized carbons (Fsp3) is 0.417. The summed E-state index contributed by atoms with van der Waals surface area (Å²) in [6.45, 7) is 4.14. The van der Waals surface area contributed by atoms with Crippen molar-refractivity contribution in [3.63, 3.8) is 0 Å². The Morgan fingerprint density at radius 2 is 2.24 bits per heavy atom. The number of halogens is 1. The van der Waals surface area contributed by atoms with E-state index in [-0.39, 0.29) is 17.2 Å². The fourth-order valence-corrected chi connectivity index (χ4v) is 1.52. The number of hydrogen-bond donors (Lipinski definition) is 3. The van der Waals surface area contributed by atoms with Gasteiger partial charge in [0.05, 0.1) is 10.6 Å². The van der Waals surface area contributed by atoms with E-state index in [1.54, 1.807) is 0 Å². The van der Waals surface area contributed by atoms with Gasteiger partial charge in [0.15, 0.2) is 0 Å². The summed E-state index contributed by atoms with van der Waals surface area (Å²) in [6, 6.07) is 4.25. The van der Waals surface area contributed by atoms with E-state index in [0.29, 0.717) is 18.0 Å². The molecule has 94 valence electrons. The molecular formula is C12H17ClN2O2. The van der Waals surface area contributed by atoms with E-state index in [4.69, 9.17) is 17.3 Å². The average Bonchev–Trinajstić information content (AvgIpc) is 2.32. The van der Waals surface area contributed by atoms with Crippen molar-refractivity contribution in [1.29, 1.82) is 0 Å². The predicted octanol–water partition coefficient (Wildman–Crippen LogP) is 1.90. The van der Waals surface area contributed by atoms with Crippen LogP contribution in [0.3, 0.4) is 0 Å². The first-order chi connectivity index (χ1) is 7.91. The Morgan fingerprint density at radius 3 is 2.76 bits per heavy atom. The molecule has 0 aromatic heterocycles. The second kappa shape index (κ2) is 5.38. The van der Waals surface area contributed by atoms with Crippen molar-refractivity contribution in [1.82, 2.24) is 5.32 Å². The molecule has 1 amide bonds. The molecule has 17 heavy (non-hydrogen) atoms. The van der Waals surface area contributed by atoms with E-state index >= 15 is 0 Å². The molecule has 0 radical (unpaired) electrons. The zero-order chi connectivity index (χ0) is 13.1. The van der Waals surface area contributed by atoms with Crippen LogP contribution in [-0.2, 0) is 0 Å². The van der Waals surface area contributed by atoms with Gasteiger partial charge in [-0.05, 0) is 31.5 Å². The molecule has 4 nitrogen and oxygen atoms in total. The van der Waals surface area contributed by atoms with Gasteiger partial charge in [0.25, 0.3) is 5.91 Å². The molecule has 1 atom stereocenters. The van der Waals surface area contributed by atoms with Crippen molar-refractivity contribution in [2.24, 2.45) is 5.73 Å². The summed E-state index contributed by atoms with van der Waals surface area (Å²) in [5.41, 5.74) is 5.40. The van der Waals surface area contributed by atoms with Crippen LogP contribution < -0.4 is 11.1 Å². The first-order valence-corrected chi connectivity index (χ1v) is 5.81. The van der Waals surface area contributed by atoms with E-state index in [1.807, 2.05) is 13.8 Å². The Balaban J connectivity index is 2.94. The number of phenolic OH excluding ortho intramolecular Hbond substituents is 1. The third kappa shape index (κ3) is 3.35. The number of phenols is 1. The number of carbonyl (C=O) groups excluding carboxylic acids is 1. The number of carbonyl (C=O) groups is 1. The highest BCUT2D eigenvalue weighted by Gasteiger charge is 2.24. The molecule has 0 aliphatic heterocycles. The minimum Gasteiger partial charge on any atom is -0.508 e. The molecule has 0 bridgehead atoms. The Kier molecular flexibility index (Phi) is 4.37. The molecule has 4 N–H and O–H groups in total. The normalized spacial score (nSPS) is 14.1. The van der Waals surface area contributed by atoms with Gasteiger partial charge < -0.3 is 16.2 Å². The van der Waals surface area contributed by atoms with Crippen LogP contribution in [0.25, 0.3) is 0 Å². The van der Waals surface area contributed by atoms with Crippen molar-refractivity contribution >= 4 is 17.5 Å². The SMILES string of the molecule is CCC(C)(CN)NC(=O)c1cc(O)ccc1Cl. The summed E-state index contributed by atoms with van der Waals surface area (Å²) < 4.78 is 0. The number of benzene rings is 1. The molecule has 0 aliphatic carbocycles. The molecular weight excluding hydrogens is 240 g/mol. The standard InChI is InChI=1S/C12H17ClN2O2/c1-3-12(2,7-14)15-11(17)9-6-8(16)4-5-10(9)13/h4-6,16H,3,7,14H2,1-2H3,(H,15,17). The third-order valence-corrected chi connectivity index (χ3v) is 3.17. The average molecular weight is 257 g/mol. The predicted molar refractivity (Wildman–Crippen MR) is 68.3 cm³/mol. The smallest absolute Gasteiger partial charge is 0.253 e. The van der Waals surface area contributed by atoms with Gasteiger partial charge in [-0.3, -0.25) is 4.79 Å². The number of hydrogen-bond acceptors (Lipinski definition) is 3. The van der Waals surface area contributed by atoms with E-state index in [1.165, 1.54) is 18.2 Å². The van der Waals surface area contributed by atoms with Gasteiger partial charge >= 0.3 is 0 Å². The molecule has 0 saturated carbocycles. The Morgan fingerprint density at radius 1 is 1.59 bits per heavy atom. The lowest BCUT2D eigenvalue weighted by Crippen LogP contribution is -2.50.